The van der Waals surface area contributed by atoms with Crippen LogP contribution in [-0.4, -0.2) is 17.2 Å². The van der Waals surface area contributed by atoms with Crippen LogP contribution in [0.5, 0.6) is 0 Å². The summed E-state index contributed by atoms with van der Waals surface area (Å²) in [6.07, 6.45) is 6.46. The molecule has 0 aromatic heterocycles. The van der Waals surface area contributed by atoms with Crippen LogP contribution in [-0.2, 0) is 0 Å². The van der Waals surface area contributed by atoms with E-state index < -0.39 is 7.12 Å². The molecule has 0 fully saturated rings. The number of allylic oxidation sites excluding steroid dienone is 5. The van der Waals surface area contributed by atoms with Crippen LogP contribution in [0.2, 0.25) is 0 Å². The molecule has 2 nitrogen and oxygen atoms in total. The molecule has 4 heteroatoms. The molecule has 0 atom stereocenters. The normalized spacial score (nSPS) is 11.9. The molecule has 18 heavy (non-hydrogen) atoms. The summed E-state index contributed by atoms with van der Waals surface area (Å²) in [6.45, 7) is 5.54. The number of benzene rings is 1. The van der Waals surface area contributed by atoms with Gasteiger partial charge in [-0.2, -0.15) is 0 Å². The molecule has 0 radical (unpaired) electrons. The lowest BCUT2D eigenvalue weighted by Crippen LogP contribution is -2.29. The Morgan fingerprint density at radius 2 is 2.17 bits per heavy atom. The predicted octanol–water partition coefficient (Wildman–Crippen LogP) is 2.47. The molecule has 1 rings (SSSR count). The Morgan fingerprint density at radius 3 is 2.78 bits per heavy atom. The third-order valence-electron chi connectivity index (χ3n) is 2.50. The minimum absolute atomic E-state index is 0.491. The van der Waals surface area contributed by atoms with Gasteiger partial charge in [0.1, 0.15) is 0 Å². The molecule has 0 aliphatic rings. The third kappa shape index (κ3) is 4.92. The second kappa shape index (κ2) is 7.22. The van der Waals surface area contributed by atoms with Gasteiger partial charge in [-0.25, -0.2) is 0 Å². The van der Waals surface area contributed by atoms with Gasteiger partial charge in [0.15, 0.2) is 0 Å². The Morgan fingerprint density at radius 1 is 1.44 bits per heavy atom. The highest BCUT2D eigenvalue weighted by Crippen LogP contribution is 2.13. The van der Waals surface area contributed by atoms with Gasteiger partial charge in [0, 0.05) is 5.03 Å². The number of hydrogen-bond donors (Lipinski definition) is 2. The summed E-state index contributed by atoms with van der Waals surface area (Å²) < 4.78 is 0. The van der Waals surface area contributed by atoms with E-state index in [4.69, 9.17) is 21.6 Å². The first-order valence-corrected chi connectivity index (χ1v) is 6.02. The van der Waals surface area contributed by atoms with Gasteiger partial charge in [-0.05, 0) is 36.0 Å². The zero-order valence-electron chi connectivity index (χ0n) is 10.3. The number of hydrogen-bond acceptors (Lipinski definition) is 2. The van der Waals surface area contributed by atoms with Gasteiger partial charge in [0.25, 0.3) is 0 Å². The van der Waals surface area contributed by atoms with Gasteiger partial charge in [-0.15, -0.1) is 0 Å². The van der Waals surface area contributed by atoms with E-state index >= 15 is 0 Å². The van der Waals surface area contributed by atoms with E-state index in [1.165, 1.54) is 0 Å². The smallest absolute Gasteiger partial charge is 0.423 e. The van der Waals surface area contributed by atoms with Crippen molar-refractivity contribution < 1.29 is 10.0 Å². The Balaban J connectivity index is 2.77. The average Bonchev–Trinajstić information content (AvgIpc) is 2.34. The third-order valence-corrected chi connectivity index (χ3v) is 2.62. The molecule has 0 aliphatic heterocycles. The van der Waals surface area contributed by atoms with Crippen LogP contribution in [0.3, 0.4) is 0 Å². The molecule has 0 amide bonds. The minimum atomic E-state index is -1.43. The summed E-state index contributed by atoms with van der Waals surface area (Å²) >= 11 is 5.61. The molecule has 0 bridgehead atoms. The van der Waals surface area contributed by atoms with E-state index in [2.05, 4.69) is 6.58 Å². The molecule has 0 saturated carbocycles. The topological polar surface area (TPSA) is 40.5 Å². The van der Waals surface area contributed by atoms with Crippen molar-refractivity contribution in [3.05, 3.63) is 59.7 Å². The van der Waals surface area contributed by atoms with Gasteiger partial charge < -0.3 is 10.0 Å². The van der Waals surface area contributed by atoms with Gasteiger partial charge in [0.05, 0.1) is 0 Å². The first-order chi connectivity index (χ1) is 8.50. The fourth-order valence-corrected chi connectivity index (χ4v) is 1.59. The highest BCUT2D eigenvalue weighted by molar-refractivity contribution is 6.58. The van der Waals surface area contributed by atoms with Crippen LogP contribution >= 0.6 is 11.6 Å². The zero-order valence-corrected chi connectivity index (χ0v) is 11.1. The van der Waals surface area contributed by atoms with Crippen molar-refractivity contribution in [3.63, 3.8) is 0 Å². The van der Waals surface area contributed by atoms with Gasteiger partial charge in [-0.3, -0.25) is 0 Å². The van der Waals surface area contributed by atoms with E-state index in [1.807, 2.05) is 25.1 Å². The molecule has 1 aromatic rings. The average molecular weight is 263 g/mol. The zero-order chi connectivity index (χ0) is 13.5. The Bertz CT molecular complexity index is 478. The molecular formula is C14H16BClO2. The second-order valence-corrected chi connectivity index (χ2v) is 4.46. The van der Waals surface area contributed by atoms with Crippen molar-refractivity contribution in [3.8, 4) is 0 Å². The van der Waals surface area contributed by atoms with E-state index in [9.17, 15) is 0 Å². The molecule has 0 spiro atoms. The summed E-state index contributed by atoms with van der Waals surface area (Å²) in [6, 6.07) is 7.18. The van der Waals surface area contributed by atoms with Crippen molar-refractivity contribution in [2.45, 2.75) is 13.3 Å². The van der Waals surface area contributed by atoms with Crippen LogP contribution in [0.15, 0.2) is 54.1 Å². The Labute approximate surface area is 113 Å². The summed E-state index contributed by atoms with van der Waals surface area (Å²) in [4.78, 5) is 0. The number of halogens is 1. The Kier molecular flexibility index (Phi) is 5.92. The fraction of sp³-hybridized carbons (Fsp3) is 0.143. The van der Waals surface area contributed by atoms with E-state index in [-0.39, 0.29) is 0 Å². The van der Waals surface area contributed by atoms with E-state index in [1.54, 1.807) is 24.3 Å². The number of rotatable bonds is 5. The monoisotopic (exact) mass is 262 g/mol. The standard InChI is InChI=1S/C14H16BClO2/c1-11(6-3-4-7-12(2)16)13-8-5-9-14(10-13)15(17)18/h4-10,17-18H,2-3H2,1H3/b7-4-,11-6+. The van der Waals surface area contributed by atoms with Crippen LogP contribution < -0.4 is 5.46 Å². The van der Waals surface area contributed by atoms with Crippen LogP contribution in [0.4, 0.5) is 0 Å². The minimum Gasteiger partial charge on any atom is -0.423 e. The summed E-state index contributed by atoms with van der Waals surface area (Å²) in [5, 5.41) is 18.7. The lowest BCUT2D eigenvalue weighted by Gasteiger charge is -2.04. The SMILES string of the molecule is C=C(Cl)/C=C\C/C=C(\C)c1cccc(B(O)O)c1. The highest BCUT2D eigenvalue weighted by atomic mass is 35.5. The molecule has 0 heterocycles. The molecule has 0 aliphatic carbocycles. The predicted molar refractivity (Wildman–Crippen MR) is 78.7 cm³/mol. The maximum absolute atomic E-state index is 9.11. The van der Waals surface area contributed by atoms with Crippen molar-refractivity contribution in [1.82, 2.24) is 0 Å². The van der Waals surface area contributed by atoms with Gasteiger partial charge in [-0.1, -0.05) is 54.6 Å². The van der Waals surface area contributed by atoms with Crippen molar-refractivity contribution in [1.29, 1.82) is 0 Å². The Hall–Kier alpha value is -1.29. The largest absolute Gasteiger partial charge is 0.488 e. The maximum atomic E-state index is 9.11. The molecule has 0 saturated heterocycles. The van der Waals surface area contributed by atoms with Crippen LogP contribution in [0, 0.1) is 0 Å². The lowest BCUT2D eigenvalue weighted by atomic mass is 9.79. The van der Waals surface area contributed by atoms with Gasteiger partial charge >= 0.3 is 7.12 Å². The summed E-state index contributed by atoms with van der Waals surface area (Å²) in [5.41, 5.74) is 2.53. The lowest BCUT2D eigenvalue weighted by molar-refractivity contribution is 0.426. The van der Waals surface area contributed by atoms with Gasteiger partial charge in [0.2, 0.25) is 0 Å². The fourth-order valence-electron chi connectivity index (χ4n) is 1.50. The van der Waals surface area contributed by atoms with E-state index in [0.717, 1.165) is 17.6 Å². The molecule has 0 unspecified atom stereocenters. The maximum Gasteiger partial charge on any atom is 0.488 e. The van der Waals surface area contributed by atoms with Crippen molar-refractivity contribution >= 4 is 29.8 Å². The van der Waals surface area contributed by atoms with Crippen LogP contribution in [0.1, 0.15) is 18.9 Å². The first kappa shape index (κ1) is 14.8. The molecular weight excluding hydrogens is 246 g/mol. The van der Waals surface area contributed by atoms with E-state index in [0.29, 0.717) is 10.5 Å². The van der Waals surface area contributed by atoms with Crippen molar-refractivity contribution in [2.24, 2.45) is 0 Å². The quantitative estimate of drug-likeness (QED) is 0.632. The van der Waals surface area contributed by atoms with Crippen LogP contribution in [0.25, 0.3) is 5.57 Å². The first-order valence-electron chi connectivity index (χ1n) is 5.65. The highest BCUT2D eigenvalue weighted by Gasteiger charge is 2.10. The molecule has 1 aromatic carbocycles. The molecule has 94 valence electrons. The molecule has 2 N–H and O–H groups in total. The summed E-state index contributed by atoms with van der Waals surface area (Å²) in [5.74, 6) is 0. The summed E-state index contributed by atoms with van der Waals surface area (Å²) in [7, 11) is -1.43. The second-order valence-electron chi connectivity index (χ2n) is 3.97. The van der Waals surface area contributed by atoms with Crippen molar-refractivity contribution in [2.75, 3.05) is 0 Å².